The maximum Gasteiger partial charge on any atom is 0.288 e. The van der Waals surface area contributed by atoms with Crippen LogP contribution in [0.2, 0.25) is 5.02 Å². The Bertz CT molecular complexity index is 933. The van der Waals surface area contributed by atoms with Gasteiger partial charge in [-0.2, -0.15) is 5.26 Å². The van der Waals surface area contributed by atoms with Crippen molar-refractivity contribution in [1.82, 2.24) is 0 Å². The molecule has 4 N–H and O–H groups in total. The van der Waals surface area contributed by atoms with Crippen molar-refractivity contribution in [2.45, 2.75) is 5.92 Å². The SMILES string of the molecule is N#CC1=C(N)Oc2cc(N)ccc2[C@@H]1c1ccc(Cl)c([N+](=O)[O-])c1. The molecule has 1 aliphatic heterocycles. The first kappa shape index (κ1) is 15.6. The molecule has 120 valence electrons. The Morgan fingerprint density at radius 1 is 1.25 bits per heavy atom. The number of nitriles is 1. The molecule has 0 bridgehead atoms. The van der Waals surface area contributed by atoms with Gasteiger partial charge in [-0.1, -0.05) is 23.7 Å². The Morgan fingerprint density at radius 3 is 2.67 bits per heavy atom. The van der Waals surface area contributed by atoms with Gasteiger partial charge in [0.25, 0.3) is 5.69 Å². The molecule has 0 radical (unpaired) electrons. The van der Waals surface area contributed by atoms with Gasteiger partial charge in [-0.15, -0.1) is 0 Å². The average Bonchev–Trinajstić information content (AvgIpc) is 2.53. The number of nitrogens with zero attached hydrogens (tertiary/aromatic N) is 2. The quantitative estimate of drug-likeness (QED) is 0.490. The van der Waals surface area contributed by atoms with Crippen LogP contribution in [0.5, 0.6) is 5.75 Å². The van der Waals surface area contributed by atoms with Gasteiger partial charge >= 0.3 is 0 Å². The van der Waals surface area contributed by atoms with Crippen molar-refractivity contribution in [1.29, 1.82) is 5.26 Å². The van der Waals surface area contributed by atoms with Gasteiger partial charge in [-0.3, -0.25) is 10.1 Å². The molecule has 8 heteroatoms. The average molecular weight is 343 g/mol. The number of nitro groups is 1. The Kier molecular flexibility index (Phi) is 3.75. The zero-order valence-corrected chi connectivity index (χ0v) is 12.9. The molecule has 0 spiro atoms. The van der Waals surface area contributed by atoms with E-state index >= 15 is 0 Å². The molecule has 0 unspecified atom stereocenters. The number of rotatable bonds is 2. The summed E-state index contributed by atoms with van der Waals surface area (Å²) in [6, 6.07) is 11.4. The largest absolute Gasteiger partial charge is 0.440 e. The first-order chi connectivity index (χ1) is 11.4. The third kappa shape index (κ3) is 2.49. The molecule has 0 aromatic heterocycles. The lowest BCUT2D eigenvalue weighted by atomic mass is 9.83. The summed E-state index contributed by atoms with van der Waals surface area (Å²) in [5, 5.41) is 20.6. The maximum atomic E-state index is 11.1. The Balaban J connectivity index is 2.24. The standard InChI is InChI=1S/C16H11ClN4O3/c17-12-4-1-8(5-13(12)21(22)23)15-10-3-2-9(19)6-14(10)24-16(20)11(15)7-18/h1-6,15H,19-20H2/t15-/m0/s1. The van der Waals surface area contributed by atoms with Crippen LogP contribution in [0.1, 0.15) is 17.0 Å². The van der Waals surface area contributed by atoms with E-state index < -0.39 is 10.8 Å². The molecule has 1 heterocycles. The van der Waals surface area contributed by atoms with Gasteiger partial charge in [0.2, 0.25) is 5.88 Å². The van der Waals surface area contributed by atoms with Gasteiger partial charge in [0.05, 0.1) is 10.8 Å². The lowest BCUT2D eigenvalue weighted by molar-refractivity contribution is -0.384. The fourth-order valence-corrected chi connectivity index (χ4v) is 2.85. The van der Waals surface area contributed by atoms with Gasteiger partial charge < -0.3 is 16.2 Å². The second kappa shape index (κ2) is 5.76. The number of nitrogens with two attached hydrogens (primary N) is 2. The van der Waals surface area contributed by atoms with Gasteiger partial charge in [-0.05, 0) is 17.7 Å². The fraction of sp³-hybridized carbons (Fsp3) is 0.0625. The molecule has 3 rings (SSSR count). The summed E-state index contributed by atoms with van der Waals surface area (Å²) in [6.45, 7) is 0. The van der Waals surface area contributed by atoms with Crippen molar-refractivity contribution in [3.05, 3.63) is 74.1 Å². The summed E-state index contributed by atoms with van der Waals surface area (Å²) in [6.07, 6.45) is 0. The van der Waals surface area contributed by atoms with Crippen molar-refractivity contribution >= 4 is 23.0 Å². The van der Waals surface area contributed by atoms with Crippen LogP contribution < -0.4 is 16.2 Å². The summed E-state index contributed by atoms with van der Waals surface area (Å²) in [7, 11) is 0. The molecule has 1 atom stereocenters. The first-order valence-electron chi connectivity index (χ1n) is 6.83. The van der Waals surface area contributed by atoms with E-state index in [1.165, 1.54) is 12.1 Å². The normalized spacial score (nSPS) is 16.1. The van der Waals surface area contributed by atoms with E-state index in [0.717, 1.165) is 0 Å². The van der Waals surface area contributed by atoms with E-state index in [-0.39, 0.29) is 22.2 Å². The second-order valence-electron chi connectivity index (χ2n) is 5.19. The van der Waals surface area contributed by atoms with Crippen LogP contribution in [0, 0.1) is 21.4 Å². The van der Waals surface area contributed by atoms with E-state index in [1.54, 1.807) is 24.3 Å². The van der Waals surface area contributed by atoms with Gasteiger partial charge in [-0.25, -0.2) is 0 Å². The third-order valence-corrected chi connectivity index (χ3v) is 4.06. The number of anilines is 1. The van der Waals surface area contributed by atoms with Crippen molar-refractivity contribution in [3.63, 3.8) is 0 Å². The summed E-state index contributed by atoms with van der Waals surface area (Å²) < 4.78 is 5.46. The molecule has 0 amide bonds. The minimum absolute atomic E-state index is 0.0174. The highest BCUT2D eigenvalue weighted by Crippen LogP contribution is 2.44. The van der Waals surface area contributed by atoms with E-state index in [4.69, 9.17) is 27.8 Å². The highest BCUT2D eigenvalue weighted by molar-refractivity contribution is 6.32. The summed E-state index contributed by atoms with van der Waals surface area (Å²) in [5.74, 6) is -0.248. The zero-order chi connectivity index (χ0) is 17.4. The number of halogens is 1. The van der Waals surface area contributed by atoms with E-state index in [9.17, 15) is 15.4 Å². The van der Waals surface area contributed by atoms with Crippen molar-refractivity contribution in [2.75, 3.05) is 5.73 Å². The monoisotopic (exact) mass is 342 g/mol. The minimum Gasteiger partial charge on any atom is -0.440 e. The van der Waals surface area contributed by atoms with Crippen LogP contribution in [-0.2, 0) is 0 Å². The smallest absolute Gasteiger partial charge is 0.288 e. The highest BCUT2D eigenvalue weighted by atomic mass is 35.5. The molecule has 0 saturated carbocycles. The number of nitrogen functional groups attached to an aromatic ring is 1. The lowest BCUT2D eigenvalue weighted by Gasteiger charge is -2.26. The van der Waals surface area contributed by atoms with Crippen LogP contribution in [0.15, 0.2) is 47.9 Å². The van der Waals surface area contributed by atoms with Crippen molar-refractivity contribution in [2.24, 2.45) is 5.73 Å². The maximum absolute atomic E-state index is 11.1. The van der Waals surface area contributed by atoms with Crippen molar-refractivity contribution < 1.29 is 9.66 Å². The molecule has 24 heavy (non-hydrogen) atoms. The van der Waals surface area contributed by atoms with Crippen molar-refractivity contribution in [3.8, 4) is 11.8 Å². The van der Waals surface area contributed by atoms with Gasteiger partial charge in [0, 0.05) is 23.4 Å². The van der Waals surface area contributed by atoms with Crippen LogP contribution in [0.25, 0.3) is 0 Å². The first-order valence-corrected chi connectivity index (χ1v) is 7.21. The molecule has 2 aromatic rings. The summed E-state index contributed by atoms with van der Waals surface area (Å²) in [4.78, 5) is 10.6. The van der Waals surface area contributed by atoms with Gasteiger partial charge in [0.1, 0.15) is 22.4 Å². The summed E-state index contributed by atoms with van der Waals surface area (Å²) >= 11 is 5.87. The van der Waals surface area contributed by atoms with Crippen LogP contribution in [0.3, 0.4) is 0 Å². The number of fused-ring (bicyclic) bond motifs is 1. The fourth-order valence-electron chi connectivity index (χ4n) is 2.66. The Labute approximate surface area is 141 Å². The topological polar surface area (TPSA) is 128 Å². The lowest BCUT2D eigenvalue weighted by Crippen LogP contribution is -2.21. The third-order valence-electron chi connectivity index (χ3n) is 3.74. The van der Waals surface area contributed by atoms with Gasteiger partial charge in [0.15, 0.2) is 0 Å². The predicted octanol–water partition coefficient (Wildman–Crippen LogP) is 3.05. The molecule has 1 aliphatic rings. The minimum atomic E-state index is -0.602. The molecule has 0 fully saturated rings. The molecule has 0 aliphatic carbocycles. The Hall–Kier alpha value is -3.24. The van der Waals surface area contributed by atoms with Crippen LogP contribution in [0.4, 0.5) is 11.4 Å². The molecular formula is C16H11ClN4O3. The number of hydrogen-bond donors (Lipinski definition) is 2. The van der Waals surface area contributed by atoms with E-state index in [1.807, 2.05) is 6.07 Å². The highest BCUT2D eigenvalue weighted by Gasteiger charge is 2.32. The Morgan fingerprint density at radius 2 is 2.00 bits per heavy atom. The number of nitro benzene ring substituents is 1. The number of hydrogen-bond acceptors (Lipinski definition) is 6. The zero-order valence-electron chi connectivity index (χ0n) is 12.2. The van der Waals surface area contributed by atoms with Crippen LogP contribution in [-0.4, -0.2) is 4.92 Å². The molecule has 2 aromatic carbocycles. The second-order valence-corrected chi connectivity index (χ2v) is 5.60. The van der Waals surface area contributed by atoms with Crippen LogP contribution >= 0.6 is 11.6 Å². The molecule has 7 nitrogen and oxygen atoms in total. The number of allylic oxidation sites excluding steroid dienone is 1. The molecular weight excluding hydrogens is 332 g/mol. The van der Waals surface area contributed by atoms with E-state index in [0.29, 0.717) is 22.6 Å². The van der Waals surface area contributed by atoms with E-state index in [2.05, 4.69) is 0 Å². The summed E-state index contributed by atoms with van der Waals surface area (Å²) in [5.41, 5.74) is 13.2. The predicted molar refractivity (Wildman–Crippen MR) is 88.3 cm³/mol. The number of benzene rings is 2. The molecule has 0 saturated heterocycles. The number of ether oxygens (including phenoxy) is 1.